The molecular formula is C11H11Br2N3. The molecule has 3 nitrogen and oxygen atoms in total. The van der Waals surface area contributed by atoms with Crippen molar-refractivity contribution in [2.24, 2.45) is 0 Å². The van der Waals surface area contributed by atoms with Crippen LogP contribution in [0.3, 0.4) is 0 Å². The largest absolute Gasteiger partial charge is 0.258 e. The van der Waals surface area contributed by atoms with Crippen molar-refractivity contribution >= 4 is 31.9 Å². The van der Waals surface area contributed by atoms with Crippen LogP contribution in [0.4, 0.5) is 0 Å². The minimum Gasteiger partial charge on any atom is -0.258 e. The van der Waals surface area contributed by atoms with E-state index in [4.69, 9.17) is 0 Å². The van der Waals surface area contributed by atoms with Crippen LogP contribution >= 0.6 is 31.9 Å². The molecule has 0 N–H and O–H groups in total. The van der Waals surface area contributed by atoms with Crippen LogP contribution in [0.25, 0.3) is 0 Å². The molecule has 0 spiro atoms. The van der Waals surface area contributed by atoms with Gasteiger partial charge in [0.2, 0.25) is 0 Å². The Morgan fingerprint density at radius 2 is 2.12 bits per heavy atom. The molecule has 0 aromatic carbocycles. The van der Waals surface area contributed by atoms with Crippen LogP contribution in [0.1, 0.15) is 18.1 Å². The first-order valence-electron chi connectivity index (χ1n) is 5.02. The van der Waals surface area contributed by atoms with Crippen LogP contribution in [0.15, 0.2) is 33.7 Å². The van der Waals surface area contributed by atoms with Gasteiger partial charge in [0.05, 0.1) is 6.20 Å². The third-order valence-corrected chi connectivity index (χ3v) is 3.99. The highest BCUT2D eigenvalue weighted by atomic mass is 79.9. The van der Waals surface area contributed by atoms with Crippen LogP contribution in [0.2, 0.25) is 0 Å². The minimum atomic E-state index is 0.828. The summed E-state index contributed by atoms with van der Waals surface area (Å²) in [6.45, 7) is 2.94. The standard InChI is InChI=1S/C11H11Br2N3/c1-2-16-11(13)9(7-15-16)6-8-4-3-5-14-10(8)12/h3-5,7H,2,6H2,1H3. The number of pyridine rings is 1. The molecule has 0 bridgehead atoms. The van der Waals surface area contributed by atoms with Crippen molar-refractivity contribution in [3.8, 4) is 0 Å². The molecule has 0 fully saturated rings. The predicted octanol–water partition coefficient (Wildman–Crippen LogP) is 3.41. The topological polar surface area (TPSA) is 30.7 Å². The monoisotopic (exact) mass is 343 g/mol. The van der Waals surface area contributed by atoms with Gasteiger partial charge >= 0.3 is 0 Å². The second-order valence-corrected chi connectivity index (χ2v) is 4.91. The van der Waals surface area contributed by atoms with Crippen LogP contribution < -0.4 is 0 Å². The maximum Gasteiger partial charge on any atom is 0.109 e. The van der Waals surface area contributed by atoms with E-state index in [1.807, 2.05) is 16.9 Å². The Bertz CT molecular complexity index is 494. The van der Waals surface area contributed by atoms with Gasteiger partial charge in [-0.25, -0.2) is 4.98 Å². The molecule has 0 aliphatic carbocycles. The zero-order valence-corrected chi connectivity index (χ0v) is 12.0. The highest BCUT2D eigenvalue weighted by Crippen LogP contribution is 2.22. The van der Waals surface area contributed by atoms with Crippen LogP contribution in [0, 0.1) is 0 Å². The molecule has 5 heteroatoms. The average Bonchev–Trinajstić information content (AvgIpc) is 2.63. The quantitative estimate of drug-likeness (QED) is 0.799. The molecule has 0 atom stereocenters. The molecule has 2 aromatic heterocycles. The van der Waals surface area contributed by atoms with Crippen molar-refractivity contribution < 1.29 is 0 Å². The Morgan fingerprint density at radius 1 is 1.31 bits per heavy atom. The molecule has 0 saturated heterocycles. The van der Waals surface area contributed by atoms with Gasteiger partial charge in [-0.2, -0.15) is 5.10 Å². The molecule has 2 aromatic rings. The van der Waals surface area contributed by atoms with Gasteiger partial charge in [0.15, 0.2) is 0 Å². The molecule has 0 aliphatic heterocycles. The van der Waals surface area contributed by atoms with E-state index in [1.54, 1.807) is 6.20 Å². The Balaban J connectivity index is 2.27. The van der Waals surface area contributed by atoms with E-state index < -0.39 is 0 Å². The van der Waals surface area contributed by atoms with Gasteiger partial charge in [-0.15, -0.1) is 0 Å². The van der Waals surface area contributed by atoms with Crippen molar-refractivity contribution in [2.75, 3.05) is 0 Å². The van der Waals surface area contributed by atoms with E-state index in [0.29, 0.717) is 0 Å². The Hall–Kier alpha value is -0.680. The summed E-state index contributed by atoms with van der Waals surface area (Å²) in [7, 11) is 0. The van der Waals surface area contributed by atoms with E-state index >= 15 is 0 Å². The molecular weight excluding hydrogens is 334 g/mol. The second kappa shape index (κ2) is 5.10. The lowest BCUT2D eigenvalue weighted by Crippen LogP contribution is -1.97. The zero-order chi connectivity index (χ0) is 11.5. The number of nitrogens with zero attached hydrogens (tertiary/aromatic N) is 3. The van der Waals surface area contributed by atoms with Crippen molar-refractivity contribution in [2.45, 2.75) is 19.9 Å². The van der Waals surface area contributed by atoms with E-state index in [2.05, 4.69) is 54.9 Å². The number of aryl methyl sites for hydroxylation is 1. The maximum atomic E-state index is 4.29. The number of hydrogen-bond donors (Lipinski definition) is 0. The molecule has 0 radical (unpaired) electrons. The lowest BCUT2D eigenvalue weighted by Gasteiger charge is -2.03. The molecule has 0 aliphatic rings. The Labute approximate surface area is 111 Å². The number of rotatable bonds is 3. The summed E-state index contributed by atoms with van der Waals surface area (Å²) >= 11 is 7.01. The van der Waals surface area contributed by atoms with E-state index in [-0.39, 0.29) is 0 Å². The van der Waals surface area contributed by atoms with Crippen molar-refractivity contribution in [3.63, 3.8) is 0 Å². The van der Waals surface area contributed by atoms with Crippen molar-refractivity contribution in [3.05, 3.63) is 44.9 Å². The third-order valence-electron chi connectivity index (χ3n) is 2.36. The lowest BCUT2D eigenvalue weighted by molar-refractivity contribution is 0.644. The van der Waals surface area contributed by atoms with Gasteiger partial charge in [0, 0.05) is 24.7 Å². The van der Waals surface area contributed by atoms with Crippen molar-refractivity contribution in [1.29, 1.82) is 0 Å². The minimum absolute atomic E-state index is 0.828. The normalized spacial score (nSPS) is 10.7. The smallest absolute Gasteiger partial charge is 0.109 e. The number of hydrogen-bond acceptors (Lipinski definition) is 2. The highest BCUT2D eigenvalue weighted by Gasteiger charge is 2.09. The Morgan fingerprint density at radius 3 is 2.75 bits per heavy atom. The van der Waals surface area contributed by atoms with Gasteiger partial charge < -0.3 is 0 Å². The Kier molecular flexibility index (Phi) is 3.76. The molecule has 16 heavy (non-hydrogen) atoms. The van der Waals surface area contributed by atoms with Gasteiger partial charge in [0.25, 0.3) is 0 Å². The number of halogens is 2. The summed E-state index contributed by atoms with van der Waals surface area (Å²) in [6.07, 6.45) is 4.50. The van der Waals surface area contributed by atoms with Crippen LogP contribution in [0.5, 0.6) is 0 Å². The first-order chi connectivity index (χ1) is 7.72. The fraction of sp³-hybridized carbons (Fsp3) is 0.273. The highest BCUT2D eigenvalue weighted by molar-refractivity contribution is 9.10. The fourth-order valence-corrected chi connectivity index (χ4v) is 2.48. The molecule has 2 heterocycles. The molecule has 0 saturated carbocycles. The summed E-state index contributed by atoms with van der Waals surface area (Å²) in [5.41, 5.74) is 2.34. The van der Waals surface area contributed by atoms with Gasteiger partial charge in [-0.1, -0.05) is 6.07 Å². The van der Waals surface area contributed by atoms with Crippen LogP contribution in [-0.4, -0.2) is 14.8 Å². The SMILES string of the molecule is CCn1ncc(Cc2cccnc2Br)c1Br. The number of aromatic nitrogens is 3. The maximum absolute atomic E-state index is 4.29. The molecule has 2 rings (SSSR count). The van der Waals surface area contributed by atoms with E-state index in [1.165, 1.54) is 11.1 Å². The summed E-state index contributed by atoms with van der Waals surface area (Å²) in [5, 5.41) is 4.29. The molecule has 0 unspecified atom stereocenters. The summed E-state index contributed by atoms with van der Waals surface area (Å²) in [5.74, 6) is 0. The first kappa shape index (κ1) is 11.8. The second-order valence-electron chi connectivity index (χ2n) is 3.41. The predicted molar refractivity (Wildman–Crippen MR) is 70.3 cm³/mol. The van der Waals surface area contributed by atoms with Gasteiger partial charge in [-0.05, 0) is 50.4 Å². The van der Waals surface area contributed by atoms with E-state index in [0.717, 1.165) is 22.2 Å². The van der Waals surface area contributed by atoms with Gasteiger partial charge in [0.1, 0.15) is 9.21 Å². The molecule has 84 valence electrons. The average molecular weight is 345 g/mol. The lowest BCUT2D eigenvalue weighted by atomic mass is 10.1. The summed E-state index contributed by atoms with van der Waals surface area (Å²) in [4.78, 5) is 4.21. The third kappa shape index (κ3) is 2.35. The first-order valence-corrected chi connectivity index (χ1v) is 6.60. The summed E-state index contributed by atoms with van der Waals surface area (Å²) in [6, 6.07) is 4.01. The zero-order valence-electron chi connectivity index (χ0n) is 8.82. The summed E-state index contributed by atoms with van der Waals surface area (Å²) < 4.78 is 3.87. The fourth-order valence-electron chi connectivity index (χ4n) is 1.50. The van der Waals surface area contributed by atoms with Crippen LogP contribution in [-0.2, 0) is 13.0 Å². The van der Waals surface area contributed by atoms with Gasteiger partial charge in [-0.3, -0.25) is 4.68 Å². The molecule has 0 amide bonds. The van der Waals surface area contributed by atoms with E-state index in [9.17, 15) is 0 Å². The van der Waals surface area contributed by atoms with Crippen molar-refractivity contribution in [1.82, 2.24) is 14.8 Å².